The van der Waals surface area contributed by atoms with Crippen molar-refractivity contribution in [3.8, 4) is 5.75 Å². The van der Waals surface area contributed by atoms with E-state index in [0.717, 1.165) is 0 Å². The van der Waals surface area contributed by atoms with Gasteiger partial charge >= 0.3 is 0 Å². The molecule has 1 aromatic carbocycles. The van der Waals surface area contributed by atoms with E-state index >= 15 is 0 Å². The highest BCUT2D eigenvalue weighted by atomic mass is 35.5. The molecule has 1 atom stereocenters. The van der Waals surface area contributed by atoms with E-state index in [-0.39, 0.29) is 0 Å². The number of ether oxygens (including phenoxy) is 1. The first-order valence-electron chi connectivity index (χ1n) is 5.13. The van der Waals surface area contributed by atoms with Crippen molar-refractivity contribution in [3.05, 3.63) is 46.7 Å². The molecule has 0 radical (unpaired) electrons. The second-order valence-corrected chi connectivity index (χ2v) is 4.05. The van der Waals surface area contributed by atoms with Crippen molar-refractivity contribution in [1.29, 1.82) is 0 Å². The zero-order valence-electron chi connectivity index (χ0n) is 9.59. The minimum Gasteiger partial charge on any atom is -0.496 e. The summed E-state index contributed by atoms with van der Waals surface area (Å²) in [7, 11) is 3.31. The topological polar surface area (TPSA) is 47.3 Å². The van der Waals surface area contributed by atoms with Crippen molar-refractivity contribution in [2.75, 3.05) is 7.11 Å². The van der Waals surface area contributed by atoms with Gasteiger partial charge in [0.1, 0.15) is 11.9 Å². The predicted octanol–water partition coefficient (Wildman–Crippen LogP) is 2.16. The van der Waals surface area contributed by atoms with E-state index in [0.29, 0.717) is 22.0 Å². The Morgan fingerprint density at radius 3 is 2.76 bits per heavy atom. The summed E-state index contributed by atoms with van der Waals surface area (Å²) in [5, 5.41) is 14.8. The van der Waals surface area contributed by atoms with Crippen LogP contribution in [0.25, 0.3) is 0 Å². The number of aromatic nitrogens is 2. The monoisotopic (exact) mass is 252 g/mol. The molecule has 1 N–H and O–H groups in total. The summed E-state index contributed by atoms with van der Waals surface area (Å²) in [4.78, 5) is 0. The zero-order valence-corrected chi connectivity index (χ0v) is 10.3. The van der Waals surface area contributed by atoms with E-state index in [1.165, 1.54) is 0 Å². The van der Waals surface area contributed by atoms with Crippen LogP contribution in [-0.2, 0) is 7.05 Å². The summed E-state index contributed by atoms with van der Waals surface area (Å²) in [6, 6.07) is 7.01. The molecule has 1 aromatic heterocycles. The Labute approximate surface area is 104 Å². The van der Waals surface area contributed by atoms with E-state index in [4.69, 9.17) is 16.3 Å². The van der Waals surface area contributed by atoms with Crippen LogP contribution in [0.3, 0.4) is 0 Å². The van der Waals surface area contributed by atoms with Crippen LogP contribution in [0.1, 0.15) is 17.4 Å². The number of aliphatic hydroxyl groups is 1. The number of aryl methyl sites for hydroxylation is 1. The third kappa shape index (κ3) is 2.14. The molecule has 0 aliphatic rings. The molecule has 90 valence electrons. The molecule has 17 heavy (non-hydrogen) atoms. The van der Waals surface area contributed by atoms with E-state index in [9.17, 15) is 5.11 Å². The molecule has 2 rings (SSSR count). The first-order valence-corrected chi connectivity index (χ1v) is 5.51. The molecule has 0 spiro atoms. The minimum atomic E-state index is -0.855. The van der Waals surface area contributed by atoms with Gasteiger partial charge in [-0.05, 0) is 18.2 Å². The van der Waals surface area contributed by atoms with Crippen molar-refractivity contribution in [2.24, 2.45) is 7.05 Å². The van der Waals surface area contributed by atoms with Gasteiger partial charge in [0, 0.05) is 18.8 Å². The SMILES string of the molecule is COc1cccc(Cl)c1C(O)c1ccnn1C. The van der Waals surface area contributed by atoms with Crippen LogP contribution in [-0.4, -0.2) is 22.0 Å². The largest absolute Gasteiger partial charge is 0.496 e. The number of rotatable bonds is 3. The number of methoxy groups -OCH3 is 1. The third-order valence-corrected chi connectivity index (χ3v) is 2.97. The third-order valence-electron chi connectivity index (χ3n) is 2.65. The molecular weight excluding hydrogens is 240 g/mol. The number of hydrogen-bond donors (Lipinski definition) is 1. The van der Waals surface area contributed by atoms with Crippen molar-refractivity contribution in [2.45, 2.75) is 6.10 Å². The maximum absolute atomic E-state index is 10.3. The fraction of sp³-hybridized carbons (Fsp3) is 0.250. The average Bonchev–Trinajstić information content (AvgIpc) is 2.74. The predicted molar refractivity (Wildman–Crippen MR) is 65.3 cm³/mol. The summed E-state index contributed by atoms with van der Waals surface area (Å²) in [6.45, 7) is 0. The lowest BCUT2D eigenvalue weighted by Gasteiger charge is -2.16. The van der Waals surface area contributed by atoms with E-state index in [2.05, 4.69) is 5.10 Å². The first kappa shape index (κ1) is 12.0. The molecule has 0 bridgehead atoms. The van der Waals surface area contributed by atoms with Gasteiger partial charge in [-0.15, -0.1) is 0 Å². The molecule has 0 aliphatic carbocycles. The molecule has 5 heteroatoms. The summed E-state index contributed by atoms with van der Waals surface area (Å²) in [5.41, 5.74) is 1.22. The fourth-order valence-electron chi connectivity index (χ4n) is 1.76. The van der Waals surface area contributed by atoms with Crippen molar-refractivity contribution < 1.29 is 9.84 Å². The fourth-order valence-corrected chi connectivity index (χ4v) is 2.03. The summed E-state index contributed by atoms with van der Waals surface area (Å²) in [6.07, 6.45) is 0.771. The van der Waals surface area contributed by atoms with Crippen molar-refractivity contribution >= 4 is 11.6 Å². The van der Waals surface area contributed by atoms with Gasteiger partial charge in [0.15, 0.2) is 0 Å². The highest BCUT2D eigenvalue weighted by Gasteiger charge is 2.21. The van der Waals surface area contributed by atoms with E-state index in [1.807, 2.05) is 0 Å². The van der Waals surface area contributed by atoms with Gasteiger partial charge in [0.05, 0.1) is 17.8 Å². The molecule has 0 saturated carbocycles. The van der Waals surface area contributed by atoms with Crippen LogP contribution in [0, 0.1) is 0 Å². The van der Waals surface area contributed by atoms with Crippen LogP contribution in [0.2, 0.25) is 5.02 Å². The smallest absolute Gasteiger partial charge is 0.126 e. The Morgan fingerprint density at radius 1 is 1.41 bits per heavy atom. The van der Waals surface area contributed by atoms with Crippen molar-refractivity contribution in [3.63, 3.8) is 0 Å². The lowest BCUT2D eigenvalue weighted by atomic mass is 10.1. The number of halogens is 1. The standard InChI is InChI=1S/C12H13ClN2O2/c1-15-9(6-7-14-15)12(16)11-8(13)4-3-5-10(11)17-2/h3-7,12,16H,1-2H3. The Balaban J connectivity index is 2.50. The molecule has 4 nitrogen and oxygen atoms in total. The molecule has 1 heterocycles. The average molecular weight is 253 g/mol. The van der Waals surface area contributed by atoms with Gasteiger partial charge in [0.2, 0.25) is 0 Å². The number of hydrogen-bond acceptors (Lipinski definition) is 3. The Bertz CT molecular complexity index is 525. The van der Waals surface area contributed by atoms with Gasteiger partial charge in [0.25, 0.3) is 0 Å². The summed E-state index contributed by atoms with van der Waals surface area (Å²) >= 11 is 6.10. The number of benzene rings is 1. The number of nitrogens with zero attached hydrogens (tertiary/aromatic N) is 2. The summed E-state index contributed by atoms with van der Waals surface area (Å²) < 4.78 is 6.82. The molecule has 0 aliphatic heterocycles. The van der Waals surface area contributed by atoms with Gasteiger partial charge < -0.3 is 9.84 Å². The Morgan fingerprint density at radius 2 is 2.18 bits per heavy atom. The minimum absolute atomic E-state index is 0.470. The zero-order chi connectivity index (χ0) is 12.4. The maximum atomic E-state index is 10.3. The molecule has 2 aromatic rings. The van der Waals surface area contributed by atoms with Crippen LogP contribution in [0.15, 0.2) is 30.5 Å². The first-order chi connectivity index (χ1) is 8.15. The van der Waals surface area contributed by atoms with Crippen LogP contribution >= 0.6 is 11.6 Å². The second-order valence-electron chi connectivity index (χ2n) is 3.64. The summed E-state index contributed by atoms with van der Waals surface area (Å²) in [5.74, 6) is 0.561. The van der Waals surface area contributed by atoms with Crippen LogP contribution in [0.4, 0.5) is 0 Å². The van der Waals surface area contributed by atoms with Crippen LogP contribution < -0.4 is 4.74 Å². The lowest BCUT2D eigenvalue weighted by molar-refractivity contribution is 0.204. The molecule has 0 fully saturated rings. The molecule has 0 amide bonds. The Hall–Kier alpha value is -1.52. The van der Waals surface area contributed by atoms with Gasteiger partial charge in [-0.2, -0.15) is 5.10 Å². The quantitative estimate of drug-likeness (QED) is 0.911. The molecule has 0 saturated heterocycles. The molecule has 1 unspecified atom stereocenters. The highest BCUT2D eigenvalue weighted by Crippen LogP contribution is 2.35. The van der Waals surface area contributed by atoms with Gasteiger partial charge in [-0.1, -0.05) is 17.7 Å². The van der Waals surface area contributed by atoms with Crippen LogP contribution in [0.5, 0.6) is 5.75 Å². The highest BCUT2D eigenvalue weighted by molar-refractivity contribution is 6.31. The normalized spacial score (nSPS) is 12.5. The maximum Gasteiger partial charge on any atom is 0.126 e. The van der Waals surface area contributed by atoms with E-state index < -0.39 is 6.10 Å². The number of aliphatic hydroxyl groups excluding tert-OH is 1. The van der Waals surface area contributed by atoms with Gasteiger partial charge in [-0.25, -0.2) is 0 Å². The van der Waals surface area contributed by atoms with Gasteiger partial charge in [-0.3, -0.25) is 4.68 Å². The lowest BCUT2D eigenvalue weighted by Crippen LogP contribution is -2.08. The van der Waals surface area contributed by atoms with E-state index in [1.54, 1.807) is 49.3 Å². The van der Waals surface area contributed by atoms with Crippen molar-refractivity contribution in [1.82, 2.24) is 9.78 Å². The second kappa shape index (κ2) is 4.77. The Kier molecular flexibility index (Phi) is 3.36. The molecular formula is C12H13ClN2O2.